The molecule has 9 aliphatic rings. The molecule has 630 valence electrons. The predicted octanol–water partition coefficient (Wildman–Crippen LogP) is 22.1. The van der Waals surface area contributed by atoms with Gasteiger partial charge in [0.1, 0.15) is 57.5 Å². The summed E-state index contributed by atoms with van der Waals surface area (Å²) in [6, 6.07) is 87.1. The fourth-order valence-corrected chi connectivity index (χ4v) is 17.0. The number of hydrogen-bond acceptors (Lipinski definition) is 22. The van der Waals surface area contributed by atoms with Crippen molar-refractivity contribution in [2.45, 2.75) is 23.7 Å². The minimum atomic E-state index is -0.931. The van der Waals surface area contributed by atoms with Crippen molar-refractivity contribution in [1.29, 1.82) is 0 Å². The number of halogens is 5. The van der Waals surface area contributed by atoms with Crippen LogP contribution in [0.2, 0.25) is 0 Å². The van der Waals surface area contributed by atoms with Crippen LogP contribution in [-0.4, -0.2) is 92.4 Å². The summed E-state index contributed by atoms with van der Waals surface area (Å²) in [5.41, 5.74) is 15.2. The van der Waals surface area contributed by atoms with Crippen LogP contribution in [0.1, 0.15) is 166 Å². The number of aromatic hydroxyl groups is 4. The SMILES string of the molecule is C1CCOC1.II.O=C(Cl)c1ccc2c(c1)C(=O)OC2=O.O=C(Oc1ccc2c(c1)Oc1cc(OC(=O)c3ccc4c(c3)C(=O)OC4=O)ccc1C21c2ccccc2-c2ccccc21)c1ccc2c(c1)C(=O)OC2=O.O=C1c2ccccc2-c2ccccc21.Oc1ccc2c(c1)Oc1cc(O)ccc1C21c2ccccc2-c2ccccc21.Oc1cccc(O)c1.[Cl][Zn][Cl]. The van der Waals surface area contributed by atoms with Crippen molar-refractivity contribution in [3.05, 3.63) is 403 Å². The molecule has 128 heavy (non-hydrogen) atoms. The fourth-order valence-electron chi connectivity index (χ4n) is 16.8. The van der Waals surface area contributed by atoms with E-state index in [0.717, 1.165) is 80.0 Å². The summed E-state index contributed by atoms with van der Waals surface area (Å²) in [5, 5.41) is 36.8. The number of ketones is 1. The van der Waals surface area contributed by atoms with Crippen LogP contribution in [-0.2, 0) is 44.9 Å². The van der Waals surface area contributed by atoms with Crippen LogP contribution < -0.4 is 18.9 Å². The van der Waals surface area contributed by atoms with Crippen LogP contribution in [0.15, 0.2) is 297 Å². The Labute approximate surface area is 772 Å². The molecule has 6 heterocycles. The number of esters is 8. The summed E-state index contributed by atoms with van der Waals surface area (Å²) in [4.78, 5) is 119. The molecule has 6 aliphatic heterocycles. The van der Waals surface area contributed by atoms with E-state index in [1.807, 2.05) is 97.1 Å². The van der Waals surface area contributed by atoms with Crippen LogP contribution in [0.4, 0.5) is 0 Å². The third kappa shape index (κ3) is 16.6. The molecular weight excluding hydrogens is 1980 g/mol. The molecule has 22 nitrogen and oxygen atoms in total. The molecule has 0 unspecified atom stereocenters. The molecule has 0 amide bonds. The zero-order chi connectivity index (χ0) is 89.8. The van der Waals surface area contributed by atoms with Crippen molar-refractivity contribution < 1.29 is 121 Å². The Balaban J connectivity index is 0.000000133. The van der Waals surface area contributed by atoms with Crippen molar-refractivity contribution in [1.82, 2.24) is 0 Å². The summed E-state index contributed by atoms with van der Waals surface area (Å²) in [6.45, 7) is 2.00. The molecule has 28 heteroatoms. The molecule has 14 aromatic rings. The van der Waals surface area contributed by atoms with E-state index in [1.165, 1.54) is 108 Å². The molecule has 0 saturated carbocycles. The van der Waals surface area contributed by atoms with Crippen molar-refractivity contribution in [3.8, 4) is 90.9 Å². The van der Waals surface area contributed by atoms with Gasteiger partial charge in [-0.3, -0.25) is 9.59 Å². The summed E-state index contributed by atoms with van der Waals surface area (Å²) in [5.74, 6) is -3.37. The van der Waals surface area contributed by atoms with E-state index in [1.54, 1.807) is 54.6 Å². The Morgan fingerprint density at radius 2 is 0.586 bits per heavy atom. The number of cyclic esters (lactones) is 6. The fraction of sp³-hybridized carbons (Fsp3) is 0.0600. The molecule has 14 aromatic carbocycles. The normalized spacial score (nSPS) is 13.9. The number of benzene rings is 14. The molecule has 1 fully saturated rings. The van der Waals surface area contributed by atoms with E-state index < -0.39 is 79.0 Å². The number of carbonyl (C=O) groups is 10. The monoisotopic (exact) mass is 2040 g/mol. The van der Waals surface area contributed by atoms with Crippen LogP contribution in [0.3, 0.4) is 0 Å². The van der Waals surface area contributed by atoms with Gasteiger partial charge in [0, 0.05) is 120 Å². The van der Waals surface area contributed by atoms with Crippen LogP contribution in [0, 0.1) is 0 Å². The molecule has 3 aliphatic carbocycles. The van der Waals surface area contributed by atoms with Gasteiger partial charge < -0.3 is 58.3 Å². The van der Waals surface area contributed by atoms with Crippen molar-refractivity contribution in [2.75, 3.05) is 13.2 Å². The Morgan fingerprint density at radius 3 is 0.906 bits per heavy atom. The first-order valence-electron chi connectivity index (χ1n) is 39.2. The number of ether oxygens (including phenoxy) is 8. The number of fused-ring (bicyclic) bond motifs is 24. The molecule has 23 rings (SSSR count). The summed E-state index contributed by atoms with van der Waals surface area (Å²) < 4.78 is 42.8. The molecule has 0 atom stereocenters. The second-order valence-electron chi connectivity index (χ2n) is 29.3. The van der Waals surface area contributed by atoms with Gasteiger partial charge in [-0.25, -0.2) is 38.4 Å². The number of carbonyl (C=O) groups excluding carboxylic acids is 10. The van der Waals surface area contributed by atoms with Crippen molar-refractivity contribution in [3.63, 3.8) is 0 Å². The van der Waals surface area contributed by atoms with Crippen LogP contribution >= 0.6 is 68.2 Å². The van der Waals surface area contributed by atoms with E-state index in [4.69, 9.17) is 64.9 Å². The van der Waals surface area contributed by atoms with Gasteiger partial charge in [-0.2, -0.15) is 0 Å². The first-order valence-corrected chi connectivity index (χ1v) is 53.7. The Kier molecular flexibility index (Phi) is 25.8. The average molecular weight is 2040 g/mol. The predicted molar refractivity (Wildman–Crippen MR) is 485 cm³/mol. The standard InChI is InChI=1S/C43H20O11.C25H16O3.C13H8O.C9H3ClO4.C6H6O2.C4H8O.2ClH.I2.Zn/c44-37(21-9-13-27-29(17-21)41(48)53-39(27)46)50-23-11-15-33-35(19-23)52-36-20-24(51-38(45)22-10-14-28-30(18-22)42(49)54-40(28)47)12-16-34(36)43(33)31-7-3-1-5-25(31)26-6-2-4-8-32(26)43;26-15-9-11-21-23(13-15)28-24-14-16(27)10-12-22(24)25(21)19-7-3-1-5-17(19)18-6-2-4-8-20(18)25;14-13-11-7-3-1-5-9(11)10-6-2-4-8-12(10)13;10-7(11)4-1-2-5-6(3-4)9(13)14-8(5)12;7-5-2-1-3-6(8)4-5;1-2-4-5-3-1;;;1-2;/h1-20H;1-14,26-27H;1-8H;1-3H;1-4,7-8H;1-4H2;2*1H;;/q;;;;;;;;;+2/p-2. The average Bonchev–Trinajstić information content (AvgIpc) is 1.50. The zero-order valence-corrected chi connectivity index (χ0v) is 75.9. The summed E-state index contributed by atoms with van der Waals surface area (Å²) in [7, 11) is 9.90. The molecule has 4 N–H and O–H groups in total. The Bertz CT molecular complexity index is 6610. The maximum atomic E-state index is 13.3. The van der Waals surface area contributed by atoms with Gasteiger partial charge in [0.2, 0.25) is 0 Å². The Morgan fingerprint density at radius 1 is 0.297 bits per heavy atom. The third-order valence-electron chi connectivity index (χ3n) is 22.1. The third-order valence-corrected chi connectivity index (χ3v) is 22.4. The number of rotatable bonds is 5. The van der Waals surface area contributed by atoms with E-state index in [-0.39, 0.29) is 90.4 Å². The minimum absolute atomic E-state index is 0.0226. The van der Waals surface area contributed by atoms with Gasteiger partial charge in [0.05, 0.1) is 55.3 Å². The van der Waals surface area contributed by atoms with Gasteiger partial charge in [0.15, 0.2) is 5.78 Å². The maximum absolute atomic E-state index is 13.3. The molecular formula is C100H61Cl3I2O22Zn. The zero-order valence-electron chi connectivity index (χ0n) is 66.4. The Hall–Kier alpha value is -13.5. The topological polar surface area (TPSA) is 325 Å². The molecule has 0 bridgehead atoms. The summed E-state index contributed by atoms with van der Waals surface area (Å²) in [6.07, 6.45) is 2.56. The quantitative estimate of drug-likeness (QED) is 0.0236. The van der Waals surface area contributed by atoms with Crippen LogP contribution in [0.25, 0.3) is 33.4 Å². The van der Waals surface area contributed by atoms with Crippen molar-refractivity contribution >= 4 is 127 Å². The molecule has 0 radical (unpaired) electrons. The van der Waals surface area contributed by atoms with Gasteiger partial charge >= 0.3 is 82.3 Å². The second kappa shape index (κ2) is 37.6. The number of phenolic OH excluding ortho intramolecular Hbond substituents is 4. The van der Waals surface area contributed by atoms with Crippen LogP contribution in [0.5, 0.6) is 57.5 Å². The second-order valence-corrected chi connectivity index (χ2v) is 34.3. The first kappa shape index (κ1) is 87.9. The van der Waals surface area contributed by atoms with Gasteiger partial charge in [-0.15, -0.1) is 0 Å². The molecule has 0 aromatic heterocycles. The summed E-state index contributed by atoms with van der Waals surface area (Å²) >= 11 is 8.52. The molecule has 2 spiro atoms. The van der Waals surface area contributed by atoms with E-state index in [9.17, 15) is 58.2 Å². The van der Waals surface area contributed by atoms with E-state index >= 15 is 0 Å². The number of hydrogen-bond donors (Lipinski definition) is 4. The van der Waals surface area contributed by atoms with Gasteiger partial charge in [0.25, 0.3) is 5.24 Å². The van der Waals surface area contributed by atoms with E-state index in [0.29, 0.717) is 23.0 Å². The van der Waals surface area contributed by atoms with Crippen molar-refractivity contribution in [2.24, 2.45) is 0 Å². The van der Waals surface area contributed by atoms with E-state index in [2.05, 4.69) is 124 Å². The molecule has 1 saturated heterocycles. The first-order chi connectivity index (χ1) is 62.1. The van der Waals surface area contributed by atoms with Gasteiger partial charge in [-0.1, -0.05) is 176 Å². The number of phenols is 4. The van der Waals surface area contributed by atoms with Gasteiger partial charge in [-0.05, 0) is 171 Å².